The standard InChI is InChI=1S/C20H20N4O3/c1-23(12-15-11-22-24(13-15)16-7-3-2-4-8-16)20(26)17-9-5-6-10-18(17)27-14-19(21)25/h2-11,13H,12,14H2,1H3,(H2,21,25). The number of benzene rings is 2. The highest BCUT2D eigenvalue weighted by molar-refractivity contribution is 5.96. The van der Waals surface area contributed by atoms with Gasteiger partial charge < -0.3 is 15.4 Å². The van der Waals surface area contributed by atoms with E-state index in [0.29, 0.717) is 17.9 Å². The molecule has 3 aromatic rings. The maximum Gasteiger partial charge on any atom is 0.257 e. The highest BCUT2D eigenvalue weighted by atomic mass is 16.5. The van der Waals surface area contributed by atoms with Crippen molar-refractivity contribution < 1.29 is 14.3 Å². The largest absolute Gasteiger partial charge is 0.483 e. The number of nitrogens with two attached hydrogens (primary N) is 1. The Bertz CT molecular complexity index is 937. The molecule has 2 aromatic carbocycles. The van der Waals surface area contributed by atoms with E-state index in [4.69, 9.17) is 10.5 Å². The first-order valence-corrected chi connectivity index (χ1v) is 8.39. The number of aromatic nitrogens is 2. The van der Waals surface area contributed by atoms with Crippen molar-refractivity contribution >= 4 is 11.8 Å². The first-order valence-electron chi connectivity index (χ1n) is 8.39. The number of para-hydroxylation sites is 2. The van der Waals surface area contributed by atoms with E-state index in [0.717, 1.165) is 11.3 Å². The first kappa shape index (κ1) is 18.2. The van der Waals surface area contributed by atoms with Gasteiger partial charge >= 0.3 is 0 Å². The van der Waals surface area contributed by atoms with Gasteiger partial charge in [-0.2, -0.15) is 5.10 Å². The molecule has 2 amide bonds. The Morgan fingerprint density at radius 1 is 1.11 bits per heavy atom. The number of carbonyl (C=O) groups excluding carboxylic acids is 2. The van der Waals surface area contributed by atoms with Crippen molar-refractivity contribution in [3.05, 3.63) is 78.1 Å². The average molecular weight is 364 g/mol. The van der Waals surface area contributed by atoms with Crippen molar-refractivity contribution in [1.82, 2.24) is 14.7 Å². The molecule has 1 aromatic heterocycles. The summed E-state index contributed by atoms with van der Waals surface area (Å²) < 4.78 is 7.11. The van der Waals surface area contributed by atoms with E-state index in [1.54, 1.807) is 47.1 Å². The first-order chi connectivity index (χ1) is 13.0. The Balaban J connectivity index is 1.72. The Kier molecular flexibility index (Phi) is 5.51. The van der Waals surface area contributed by atoms with Gasteiger partial charge in [0.1, 0.15) is 5.75 Å². The summed E-state index contributed by atoms with van der Waals surface area (Å²) in [6.07, 6.45) is 3.61. The van der Waals surface area contributed by atoms with Crippen LogP contribution < -0.4 is 10.5 Å². The predicted molar refractivity (Wildman–Crippen MR) is 100 cm³/mol. The molecule has 1 heterocycles. The molecule has 0 radical (unpaired) electrons. The van der Waals surface area contributed by atoms with Gasteiger partial charge in [-0.15, -0.1) is 0 Å². The third-order valence-electron chi connectivity index (χ3n) is 3.91. The quantitative estimate of drug-likeness (QED) is 0.694. The minimum Gasteiger partial charge on any atom is -0.483 e. The van der Waals surface area contributed by atoms with Crippen LogP contribution in [-0.2, 0) is 11.3 Å². The Labute approximate surface area is 157 Å². The molecule has 0 bridgehead atoms. The molecular formula is C20H20N4O3. The van der Waals surface area contributed by atoms with E-state index in [1.807, 2.05) is 36.5 Å². The van der Waals surface area contributed by atoms with E-state index >= 15 is 0 Å². The van der Waals surface area contributed by atoms with Crippen molar-refractivity contribution in [2.24, 2.45) is 5.73 Å². The summed E-state index contributed by atoms with van der Waals surface area (Å²) in [4.78, 5) is 25.3. The summed E-state index contributed by atoms with van der Waals surface area (Å²) in [5.74, 6) is -0.491. The van der Waals surface area contributed by atoms with E-state index in [9.17, 15) is 9.59 Å². The minimum absolute atomic E-state index is 0.220. The summed E-state index contributed by atoms with van der Waals surface area (Å²) >= 11 is 0. The van der Waals surface area contributed by atoms with Crippen LogP contribution in [0.5, 0.6) is 5.75 Å². The lowest BCUT2D eigenvalue weighted by atomic mass is 10.1. The fourth-order valence-corrected chi connectivity index (χ4v) is 2.63. The van der Waals surface area contributed by atoms with Gasteiger partial charge in [-0.05, 0) is 24.3 Å². The van der Waals surface area contributed by atoms with Crippen LogP contribution in [0.2, 0.25) is 0 Å². The fraction of sp³-hybridized carbons (Fsp3) is 0.150. The summed E-state index contributed by atoms with van der Waals surface area (Å²) in [6.45, 7) is 0.105. The van der Waals surface area contributed by atoms with E-state index in [2.05, 4.69) is 5.10 Å². The molecule has 0 fully saturated rings. The number of nitrogens with zero attached hydrogens (tertiary/aromatic N) is 3. The smallest absolute Gasteiger partial charge is 0.257 e. The summed E-state index contributed by atoms with van der Waals surface area (Å²) in [7, 11) is 1.70. The molecular weight excluding hydrogens is 344 g/mol. The van der Waals surface area contributed by atoms with Crippen molar-refractivity contribution in [2.75, 3.05) is 13.7 Å². The van der Waals surface area contributed by atoms with Gasteiger partial charge in [0, 0.05) is 25.4 Å². The van der Waals surface area contributed by atoms with Crippen molar-refractivity contribution in [2.45, 2.75) is 6.54 Å². The topological polar surface area (TPSA) is 90.4 Å². The van der Waals surface area contributed by atoms with Crippen LogP contribution in [0.25, 0.3) is 5.69 Å². The number of ether oxygens (including phenoxy) is 1. The Morgan fingerprint density at radius 2 is 1.81 bits per heavy atom. The van der Waals surface area contributed by atoms with Crippen LogP contribution in [0.3, 0.4) is 0 Å². The molecule has 0 saturated carbocycles. The van der Waals surface area contributed by atoms with Gasteiger partial charge in [-0.25, -0.2) is 4.68 Å². The lowest BCUT2D eigenvalue weighted by Gasteiger charge is -2.18. The van der Waals surface area contributed by atoms with Gasteiger partial charge in [0.25, 0.3) is 11.8 Å². The zero-order valence-electron chi connectivity index (χ0n) is 14.9. The second kappa shape index (κ2) is 8.18. The number of rotatable bonds is 7. The molecule has 7 nitrogen and oxygen atoms in total. The molecule has 138 valence electrons. The fourth-order valence-electron chi connectivity index (χ4n) is 2.63. The normalized spacial score (nSPS) is 10.4. The lowest BCUT2D eigenvalue weighted by Crippen LogP contribution is -2.27. The van der Waals surface area contributed by atoms with Crippen LogP contribution in [-0.4, -0.2) is 40.1 Å². The van der Waals surface area contributed by atoms with Gasteiger partial charge in [0.05, 0.1) is 17.4 Å². The monoisotopic (exact) mass is 364 g/mol. The van der Waals surface area contributed by atoms with Gasteiger partial charge in [0.15, 0.2) is 6.61 Å². The lowest BCUT2D eigenvalue weighted by molar-refractivity contribution is -0.119. The molecule has 7 heteroatoms. The van der Waals surface area contributed by atoms with Crippen molar-refractivity contribution in [3.8, 4) is 11.4 Å². The number of primary amides is 1. The third kappa shape index (κ3) is 4.52. The molecule has 27 heavy (non-hydrogen) atoms. The van der Waals surface area contributed by atoms with E-state index < -0.39 is 5.91 Å². The molecule has 0 spiro atoms. The molecule has 0 unspecified atom stereocenters. The zero-order chi connectivity index (χ0) is 19.2. The maximum atomic E-state index is 12.8. The van der Waals surface area contributed by atoms with Crippen LogP contribution in [0.1, 0.15) is 15.9 Å². The minimum atomic E-state index is -0.598. The molecule has 0 aliphatic rings. The van der Waals surface area contributed by atoms with Gasteiger partial charge in [-0.1, -0.05) is 30.3 Å². The molecule has 0 aliphatic carbocycles. The summed E-state index contributed by atoms with van der Waals surface area (Å²) in [5, 5.41) is 4.34. The Morgan fingerprint density at radius 3 is 2.56 bits per heavy atom. The maximum absolute atomic E-state index is 12.8. The van der Waals surface area contributed by atoms with Crippen LogP contribution >= 0.6 is 0 Å². The number of hydrogen-bond donors (Lipinski definition) is 1. The molecule has 0 aliphatic heterocycles. The van der Waals surface area contributed by atoms with E-state index in [1.165, 1.54) is 0 Å². The highest BCUT2D eigenvalue weighted by Gasteiger charge is 2.17. The zero-order valence-corrected chi connectivity index (χ0v) is 14.9. The number of hydrogen-bond acceptors (Lipinski definition) is 4. The van der Waals surface area contributed by atoms with Crippen LogP contribution in [0.15, 0.2) is 67.0 Å². The number of amides is 2. The average Bonchev–Trinajstić information content (AvgIpc) is 3.15. The summed E-state index contributed by atoms with van der Waals surface area (Å²) in [6, 6.07) is 16.5. The second-order valence-electron chi connectivity index (χ2n) is 6.04. The molecule has 3 rings (SSSR count). The molecule has 2 N–H and O–H groups in total. The van der Waals surface area contributed by atoms with Crippen LogP contribution in [0.4, 0.5) is 0 Å². The third-order valence-corrected chi connectivity index (χ3v) is 3.91. The van der Waals surface area contributed by atoms with E-state index in [-0.39, 0.29) is 12.5 Å². The molecule has 0 atom stereocenters. The molecule has 0 saturated heterocycles. The second-order valence-corrected chi connectivity index (χ2v) is 6.04. The van der Waals surface area contributed by atoms with Gasteiger partial charge in [0.2, 0.25) is 0 Å². The highest BCUT2D eigenvalue weighted by Crippen LogP contribution is 2.20. The summed E-state index contributed by atoms with van der Waals surface area (Å²) in [5.41, 5.74) is 7.32. The number of carbonyl (C=O) groups is 2. The van der Waals surface area contributed by atoms with Gasteiger partial charge in [-0.3, -0.25) is 9.59 Å². The SMILES string of the molecule is CN(Cc1cnn(-c2ccccc2)c1)C(=O)c1ccccc1OCC(N)=O. The van der Waals surface area contributed by atoms with Crippen molar-refractivity contribution in [1.29, 1.82) is 0 Å². The van der Waals surface area contributed by atoms with Crippen LogP contribution in [0, 0.1) is 0 Å². The Hall–Kier alpha value is -3.61. The van der Waals surface area contributed by atoms with Crippen molar-refractivity contribution in [3.63, 3.8) is 0 Å². The predicted octanol–water partition coefficient (Wildman–Crippen LogP) is 2.01.